The van der Waals surface area contributed by atoms with Crippen LogP contribution in [0.25, 0.3) is 0 Å². The highest BCUT2D eigenvalue weighted by atomic mass is 31.2. The van der Waals surface area contributed by atoms with Gasteiger partial charge in [0, 0.05) is 6.21 Å². The zero-order chi connectivity index (χ0) is 11.5. The summed E-state index contributed by atoms with van der Waals surface area (Å²) in [4.78, 5) is 24.0. The third-order valence-electron chi connectivity index (χ3n) is 1.70. The van der Waals surface area contributed by atoms with Gasteiger partial charge in [-0.25, -0.2) is 9.56 Å². The first kappa shape index (κ1) is 12.4. The van der Waals surface area contributed by atoms with Crippen LogP contribution in [0, 0.1) is 0 Å². The Balaban J connectivity index is 2.39. The summed E-state index contributed by atoms with van der Waals surface area (Å²) >= 11 is 0. The van der Waals surface area contributed by atoms with E-state index in [1.54, 1.807) is 0 Å². The molecule has 3 atom stereocenters. The second kappa shape index (κ2) is 4.93. The van der Waals surface area contributed by atoms with E-state index in [2.05, 4.69) is 14.5 Å². The first-order valence-electron chi connectivity index (χ1n) is 4.01. The van der Waals surface area contributed by atoms with Gasteiger partial charge in [0.2, 0.25) is 0 Å². The van der Waals surface area contributed by atoms with Gasteiger partial charge in [0.05, 0.1) is 6.61 Å². The molecule has 0 aromatic heterocycles. The van der Waals surface area contributed by atoms with Gasteiger partial charge in [-0.05, 0) is 0 Å². The van der Waals surface area contributed by atoms with E-state index in [0.29, 0.717) is 0 Å². The number of aliphatic imine (C=N–C) groups is 2. The van der Waals surface area contributed by atoms with Crippen LogP contribution in [0.3, 0.4) is 0 Å². The molecule has 1 heterocycles. The Bertz CT molecular complexity index is 301. The van der Waals surface area contributed by atoms with Crippen molar-refractivity contribution in [2.75, 3.05) is 6.61 Å². The first-order valence-corrected chi connectivity index (χ1v) is 5.54. The molecule has 15 heavy (non-hydrogen) atoms. The van der Waals surface area contributed by atoms with Crippen LogP contribution < -0.4 is 0 Å². The summed E-state index contributed by atoms with van der Waals surface area (Å²) < 4.78 is 14.3. The molecule has 0 saturated heterocycles. The van der Waals surface area contributed by atoms with Gasteiger partial charge in [0.1, 0.15) is 24.6 Å². The molecule has 86 valence electrons. The fourth-order valence-corrected chi connectivity index (χ4v) is 1.30. The predicted octanol–water partition coefficient (Wildman–Crippen LogP) is -1.70. The average molecular weight is 238 g/mol. The van der Waals surface area contributed by atoms with E-state index in [-0.39, 0.29) is 0 Å². The summed E-state index contributed by atoms with van der Waals surface area (Å²) in [5.74, 6) is 0. The number of nitrogens with zero attached hydrogens (tertiary/aromatic N) is 2. The van der Waals surface area contributed by atoms with E-state index >= 15 is 0 Å². The fraction of sp³-hybridized carbons (Fsp3) is 0.667. The normalized spacial score (nSPS) is 24.4. The molecular formula is C6H11N2O6P. The third kappa shape index (κ3) is 4.17. The van der Waals surface area contributed by atoms with Gasteiger partial charge in [-0.1, -0.05) is 0 Å². The van der Waals surface area contributed by atoms with Crippen LogP contribution in [0.5, 0.6) is 0 Å². The molecule has 1 rings (SSSR count). The molecule has 9 heteroatoms. The van der Waals surface area contributed by atoms with Gasteiger partial charge in [0.15, 0.2) is 0 Å². The minimum atomic E-state index is -4.63. The third-order valence-corrected chi connectivity index (χ3v) is 2.19. The molecule has 1 aliphatic heterocycles. The second-order valence-electron chi connectivity index (χ2n) is 2.90. The van der Waals surface area contributed by atoms with Crippen molar-refractivity contribution in [3.05, 3.63) is 0 Å². The lowest BCUT2D eigenvalue weighted by Gasteiger charge is -2.19. The molecular weight excluding hydrogens is 227 g/mol. The van der Waals surface area contributed by atoms with Gasteiger partial charge in [-0.15, -0.1) is 0 Å². The minimum Gasteiger partial charge on any atom is -0.388 e. The summed E-state index contributed by atoms with van der Waals surface area (Å²) in [5.41, 5.74) is 0. The van der Waals surface area contributed by atoms with Crippen LogP contribution in [0.4, 0.5) is 0 Å². The van der Waals surface area contributed by atoms with Crippen LogP contribution in [-0.2, 0) is 9.09 Å². The Hall–Kier alpha value is -0.630. The first-order chi connectivity index (χ1) is 6.90. The van der Waals surface area contributed by atoms with E-state index < -0.39 is 32.7 Å². The van der Waals surface area contributed by atoms with E-state index in [4.69, 9.17) is 9.79 Å². The number of phosphoric ester groups is 1. The van der Waals surface area contributed by atoms with Crippen molar-refractivity contribution in [3.63, 3.8) is 0 Å². The highest BCUT2D eigenvalue weighted by molar-refractivity contribution is 7.46. The number of aliphatic hydroxyl groups is 2. The smallest absolute Gasteiger partial charge is 0.388 e. The summed E-state index contributed by atoms with van der Waals surface area (Å²) in [6.07, 6.45) is -0.223. The Morgan fingerprint density at radius 3 is 2.60 bits per heavy atom. The fourth-order valence-electron chi connectivity index (χ4n) is 0.957. The lowest BCUT2D eigenvalue weighted by molar-refractivity contribution is -0.0150. The number of rotatable bonds is 5. The zero-order valence-electron chi connectivity index (χ0n) is 7.54. The monoisotopic (exact) mass is 238 g/mol. The van der Waals surface area contributed by atoms with Crippen molar-refractivity contribution < 1.29 is 29.1 Å². The van der Waals surface area contributed by atoms with Crippen molar-refractivity contribution in [2.24, 2.45) is 9.98 Å². The molecule has 4 N–H and O–H groups in total. The molecule has 1 aliphatic rings. The standard InChI is InChI=1S/C6H11N2O6P/c9-5(2-14-15(11,12)13)6(10)4-1-7-3-8-4/h1,3-6,9-10H,2H2,(H2,11,12,13)/t4-,5+,6-/m0/s1. The van der Waals surface area contributed by atoms with E-state index in [1.165, 1.54) is 12.6 Å². The SMILES string of the molecule is O=P(O)(O)OC[C@@H](O)[C@@H](O)[C@@H]1C=NC=N1. The van der Waals surface area contributed by atoms with Gasteiger partial charge in [0.25, 0.3) is 0 Å². The molecule has 0 aliphatic carbocycles. The molecule has 0 fully saturated rings. The number of hydrogen-bond donors (Lipinski definition) is 4. The zero-order valence-corrected chi connectivity index (χ0v) is 8.44. The lowest BCUT2D eigenvalue weighted by atomic mass is 10.1. The minimum absolute atomic E-state index is 0.675. The highest BCUT2D eigenvalue weighted by Crippen LogP contribution is 2.35. The maximum absolute atomic E-state index is 10.3. The Kier molecular flexibility index (Phi) is 4.09. The molecule has 0 radical (unpaired) electrons. The van der Waals surface area contributed by atoms with Crippen LogP contribution in [0.15, 0.2) is 9.98 Å². The second-order valence-corrected chi connectivity index (χ2v) is 4.14. The molecule has 0 amide bonds. The van der Waals surface area contributed by atoms with Gasteiger partial charge in [-0.3, -0.25) is 9.52 Å². The van der Waals surface area contributed by atoms with Gasteiger partial charge < -0.3 is 20.0 Å². The topological polar surface area (TPSA) is 132 Å². The van der Waals surface area contributed by atoms with Crippen LogP contribution in [-0.4, -0.2) is 57.4 Å². The largest absolute Gasteiger partial charge is 0.469 e. The molecule has 0 spiro atoms. The average Bonchev–Trinajstić information content (AvgIpc) is 2.64. The lowest BCUT2D eigenvalue weighted by Crippen LogP contribution is -2.39. The summed E-state index contributed by atoms with van der Waals surface area (Å²) in [6, 6.07) is -0.708. The number of phosphoric acid groups is 1. The highest BCUT2D eigenvalue weighted by Gasteiger charge is 2.28. The van der Waals surface area contributed by atoms with Crippen LogP contribution in [0.2, 0.25) is 0 Å². The van der Waals surface area contributed by atoms with Crippen molar-refractivity contribution in [1.82, 2.24) is 0 Å². The Labute approximate surface area is 85.2 Å². The molecule has 8 nitrogen and oxygen atoms in total. The molecule has 0 bridgehead atoms. The predicted molar refractivity (Wildman–Crippen MR) is 50.8 cm³/mol. The van der Waals surface area contributed by atoms with Crippen LogP contribution >= 0.6 is 7.82 Å². The summed E-state index contributed by atoms with van der Waals surface area (Å²) in [5, 5.41) is 18.7. The van der Waals surface area contributed by atoms with Gasteiger partial charge >= 0.3 is 7.82 Å². The molecule has 0 unspecified atom stereocenters. The quantitative estimate of drug-likeness (QED) is 0.422. The number of hydrogen-bond acceptors (Lipinski definition) is 6. The molecule has 0 aromatic carbocycles. The van der Waals surface area contributed by atoms with E-state index in [0.717, 1.165) is 0 Å². The summed E-state index contributed by atoms with van der Waals surface area (Å²) in [6.45, 7) is -0.675. The van der Waals surface area contributed by atoms with Gasteiger partial charge in [-0.2, -0.15) is 0 Å². The van der Waals surface area contributed by atoms with E-state index in [1.807, 2.05) is 0 Å². The van der Waals surface area contributed by atoms with E-state index in [9.17, 15) is 14.8 Å². The van der Waals surface area contributed by atoms with Crippen molar-refractivity contribution in [2.45, 2.75) is 18.2 Å². The molecule has 0 aromatic rings. The summed E-state index contributed by atoms with van der Waals surface area (Å²) in [7, 11) is -4.63. The molecule has 0 saturated carbocycles. The Morgan fingerprint density at radius 2 is 2.13 bits per heavy atom. The van der Waals surface area contributed by atoms with Crippen molar-refractivity contribution >= 4 is 20.4 Å². The number of aliphatic hydroxyl groups excluding tert-OH is 2. The van der Waals surface area contributed by atoms with Crippen molar-refractivity contribution in [1.29, 1.82) is 0 Å². The van der Waals surface area contributed by atoms with Crippen molar-refractivity contribution in [3.8, 4) is 0 Å². The maximum Gasteiger partial charge on any atom is 0.469 e. The van der Waals surface area contributed by atoms with Crippen LogP contribution in [0.1, 0.15) is 0 Å². The Morgan fingerprint density at radius 1 is 1.47 bits per heavy atom. The maximum atomic E-state index is 10.3.